The molecule has 1 saturated heterocycles. The Morgan fingerprint density at radius 1 is 1.50 bits per heavy atom. The molecule has 2 unspecified atom stereocenters. The lowest BCUT2D eigenvalue weighted by Crippen LogP contribution is -2.44. The van der Waals surface area contributed by atoms with E-state index >= 15 is 0 Å². The molecule has 2 N–H and O–H groups in total. The van der Waals surface area contributed by atoms with Crippen LogP contribution in [0, 0.1) is 12.8 Å². The quantitative estimate of drug-likeness (QED) is 0.835. The van der Waals surface area contributed by atoms with Gasteiger partial charge in [0, 0.05) is 24.3 Å². The summed E-state index contributed by atoms with van der Waals surface area (Å²) in [5.41, 5.74) is 6.55. The smallest absolute Gasteiger partial charge is 0.376 e. The van der Waals surface area contributed by atoms with Gasteiger partial charge in [0.15, 0.2) is 0 Å². The zero-order chi connectivity index (χ0) is 14.7. The minimum absolute atomic E-state index is 0.115. The van der Waals surface area contributed by atoms with Gasteiger partial charge in [0.05, 0.1) is 7.11 Å². The highest BCUT2D eigenvalue weighted by Gasteiger charge is 2.26. The van der Waals surface area contributed by atoms with Gasteiger partial charge in [0.1, 0.15) is 5.82 Å². The van der Waals surface area contributed by atoms with Gasteiger partial charge < -0.3 is 15.4 Å². The third-order valence-electron chi connectivity index (χ3n) is 3.82. The molecule has 0 spiro atoms. The maximum Gasteiger partial charge on any atom is 0.376 e. The highest BCUT2D eigenvalue weighted by atomic mass is 16.5. The number of rotatable bonds is 3. The topological polar surface area (TPSA) is 81.3 Å². The van der Waals surface area contributed by atoms with Crippen LogP contribution in [0.3, 0.4) is 0 Å². The van der Waals surface area contributed by atoms with E-state index in [1.807, 2.05) is 13.0 Å². The summed E-state index contributed by atoms with van der Waals surface area (Å²) in [6.07, 6.45) is 2.22. The van der Waals surface area contributed by atoms with Gasteiger partial charge in [-0.05, 0) is 39.2 Å². The van der Waals surface area contributed by atoms with E-state index in [1.165, 1.54) is 7.11 Å². The van der Waals surface area contributed by atoms with Gasteiger partial charge >= 0.3 is 5.97 Å². The number of methoxy groups -OCH3 is 1. The number of aromatic nitrogens is 2. The van der Waals surface area contributed by atoms with Crippen LogP contribution in [0.5, 0.6) is 0 Å². The van der Waals surface area contributed by atoms with Gasteiger partial charge in [-0.15, -0.1) is 0 Å². The number of hydrogen-bond acceptors (Lipinski definition) is 6. The zero-order valence-corrected chi connectivity index (χ0v) is 12.3. The van der Waals surface area contributed by atoms with E-state index in [-0.39, 0.29) is 5.82 Å². The van der Waals surface area contributed by atoms with Crippen LogP contribution in [0.25, 0.3) is 0 Å². The fourth-order valence-corrected chi connectivity index (χ4v) is 2.58. The molecular weight excluding hydrogens is 256 g/mol. The molecule has 1 aliphatic heterocycles. The number of piperidine rings is 1. The highest BCUT2D eigenvalue weighted by molar-refractivity contribution is 5.85. The average Bonchev–Trinajstić information content (AvgIpc) is 2.46. The number of nitrogens with zero attached hydrogens (tertiary/aromatic N) is 3. The second-order valence-corrected chi connectivity index (χ2v) is 5.36. The van der Waals surface area contributed by atoms with E-state index in [4.69, 9.17) is 10.5 Å². The molecular formula is C14H22N4O2. The molecule has 1 aromatic heterocycles. The monoisotopic (exact) mass is 278 g/mol. The summed E-state index contributed by atoms with van der Waals surface area (Å²) in [5, 5.41) is 0. The van der Waals surface area contributed by atoms with E-state index in [1.54, 1.807) is 0 Å². The van der Waals surface area contributed by atoms with Crippen LogP contribution in [0.4, 0.5) is 5.82 Å². The lowest BCUT2D eigenvalue weighted by Gasteiger charge is -2.38. The van der Waals surface area contributed by atoms with Crippen molar-refractivity contribution in [3.63, 3.8) is 0 Å². The number of aryl methyl sites for hydroxylation is 1. The van der Waals surface area contributed by atoms with E-state index in [2.05, 4.69) is 21.8 Å². The van der Waals surface area contributed by atoms with Crippen molar-refractivity contribution in [3.8, 4) is 0 Å². The van der Waals surface area contributed by atoms with Gasteiger partial charge in [0.25, 0.3) is 0 Å². The zero-order valence-electron chi connectivity index (χ0n) is 12.3. The Hall–Kier alpha value is -1.69. The SMILES string of the molecule is COC(=O)c1nc(C)cc(N2CC(CN)CCC2C)n1. The minimum atomic E-state index is -0.505. The first kappa shape index (κ1) is 14.7. The van der Waals surface area contributed by atoms with E-state index in [0.29, 0.717) is 18.5 Å². The van der Waals surface area contributed by atoms with Gasteiger partial charge in [-0.3, -0.25) is 0 Å². The van der Waals surface area contributed by atoms with Crippen LogP contribution >= 0.6 is 0 Å². The van der Waals surface area contributed by atoms with Gasteiger partial charge in [0.2, 0.25) is 5.82 Å². The van der Waals surface area contributed by atoms with Crippen molar-refractivity contribution in [2.24, 2.45) is 11.7 Å². The highest BCUT2D eigenvalue weighted by Crippen LogP contribution is 2.26. The van der Waals surface area contributed by atoms with Crippen LogP contribution in [0.1, 0.15) is 36.1 Å². The molecule has 2 heterocycles. The number of nitrogens with two attached hydrogens (primary N) is 1. The Bertz CT molecular complexity index is 492. The maximum atomic E-state index is 11.6. The first-order valence-electron chi connectivity index (χ1n) is 6.95. The summed E-state index contributed by atoms with van der Waals surface area (Å²) in [4.78, 5) is 22.3. The Morgan fingerprint density at radius 3 is 2.90 bits per heavy atom. The molecule has 1 fully saturated rings. The minimum Gasteiger partial charge on any atom is -0.463 e. The second kappa shape index (κ2) is 6.17. The largest absolute Gasteiger partial charge is 0.463 e. The molecule has 0 aromatic carbocycles. The Morgan fingerprint density at radius 2 is 2.25 bits per heavy atom. The van der Waals surface area contributed by atoms with Crippen molar-refractivity contribution < 1.29 is 9.53 Å². The Balaban J connectivity index is 2.30. The van der Waals surface area contributed by atoms with Crippen LogP contribution in [0.2, 0.25) is 0 Å². The number of esters is 1. The molecule has 2 rings (SSSR count). The first-order valence-corrected chi connectivity index (χ1v) is 6.95. The molecule has 0 aliphatic carbocycles. The van der Waals surface area contributed by atoms with E-state index in [9.17, 15) is 4.79 Å². The van der Waals surface area contributed by atoms with Gasteiger partial charge in [-0.25, -0.2) is 14.8 Å². The molecule has 6 nitrogen and oxygen atoms in total. The van der Waals surface area contributed by atoms with Crippen LogP contribution in [0.15, 0.2) is 6.07 Å². The normalized spacial score (nSPS) is 22.7. The average molecular weight is 278 g/mol. The van der Waals surface area contributed by atoms with Crippen molar-refractivity contribution in [1.82, 2.24) is 9.97 Å². The Kier molecular flexibility index (Phi) is 4.54. The summed E-state index contributed by atoms with van der Waals surface area (Å²) >= 11 is 0. The fourth-order valence-electron chi connectivity index (χ4n) is 2.58. The number of carbonyl (C=O) groups excluding carboxylic acids is 1. The van der Waals surface area contributed by atoms with Crippen LogP contribution in [-0.2, 0) is 4.74 Å². The summed E-state index contributed by atoms with van der Waals surface area (Å²) < 4.78 is 4.70. The lowest BCUT2D eigenvalue weighted by molar-refractivity contribution is 0.0586. The molecule has 110 valence electrons. The second-order valence-electron chi connectivity index (χ2n) is 5.36. The van der Waals surface area contributed by atoms with E-state index < -0.39 is 5.97 Å². The van der Waals surface area contributed by atoms with Crippen molar-refractivity contribution >= 4 is 11.8 Å². The maximum absolute atomic E-state index is 11.6. The fraction of sp³-hybridized carbons (Fsp3) is 0.643. The summed E-state index contributed by atoms with van der Waals surface area (Å²) in [7, 11) is 1.33. The molecule has 6 heteroatoms. The molecule has 20 heavy (non-hydrogen) atoms. The molecule has 1 aromatic rings. The number of carbonyl (C=O) groups is 1. The van der Waals surface area contributed by atoms with Crippen molar-refractivity contribution in [2.75, 3.05) is 25.1 Å². The van der Waals surface area contributed by atoms with Crippen molar-refractivity contribution in [2.45, 2.75) is 32.7 Å². The van der Waals surface area contributed by atoms with Crippen molar-refractivity contribution in [1.29, 1.82) is 0 Å². The summed E-state index contributed by atoms with van der Waals surface area (Å²) in [6, 6.07) is 2.29. The molecule has 0 bridgehead atoms. The molecule has 0 saturated carbocycles. The summed E-state index contributed by atoms with van der Waals surface area (Å²) in [5.74, 6) is 0.867. The van der Waals surface area contributed by atoms with Crippen LogP contribution in [-0.4, -0.2) is 42.2 Å². The predicted molar refractivity (Wildman–Crippen MR) is 76.7 cm³/mol. The summed E-state index contributed by atoms with van der Waals surface area (Å²) in [6.45, 7) is 5.57. The third-order valence-corrected chi connectivity index (χ3v) is 3.82. The Labute approximate surface area is 119 Å². The number of hydrogen-bond donors (Lipinski definition) is 1. The first-order chi connectivity index (χ1) is 9.55. The number of ether oxygens (including phenoxy) is 1. The van der Waals surface area contributed by atoms with Crippen molar-refractivity contribution in [3.05, 3.63) is 17.6 Å². The van der Waals surface area contributed by atoms with Gasteiger partial charge in [-0.2, -0.15) is 0 Å². The molecule has 0 amide bonds. The molecule has 1 aliphatic rings. The van der Waals surface area contributed by atoms with Gasteiger partial charge in [-0.1, -0.05) is 0 Å². The van der Waals surface area contributed by atoms with E-state index in [0.717, 1.165) is 30.9 Å². The number of anilines is 1. The predicted octanol–water partition coefficient (Wildman–Crippen LogP) is 1.14. The molecule has 2 atom stereocenters. The van der Waals surface area contributed by atoms with Crippen LogP contribution < -0.4 is 10.6 Å². The molecule has 0 radical (unpaired) electrons. The standard InChI is InChI=1S/C14H22N4O2/c1-9-6-12(17-13(16-9)14(19)20-3)18-8-11(7-15)5-4-10(18)2/h6,10-11H,4-5,7-8,15H2,1-3H3. The lowest BCUT2D eigenvalue weighted by atomic mass is 9.93. The third kappa shape index (κ3) is 3.07.